The maximum Gasteiger partial charge on any atom is 0.339 e. The number of aryl methyl sites for hydroxylation is 2. The van der Waals surface area contributed by atoms with Gasteiger partial charge in [-0.15, -0.1) is 0 Å². The van der Waals surface area contributed by atoms with Crippen LogP contribution in [0.2, 0.25) is 0 Å². The summed E-state index contributed by atoms with van der Waals surface area (Å²) in [6, 6.07) is 1.97. The maximum absolute atomic E-state index is 11.4. The molecule has 102 valence electrons. The first kappa shape index (κ1) is 12.4. The summed E-state index contributed by atoms with van der Waals surface area (Å²) in [6.07, 6.45) is 5.05. The molecule has 2 aliphatic rings. The van der Waals surface area contributed by atoms with Crippen molar-refractivity contribution < 1.29 is 14.6 Å². The third-order valence-electron chi connectivity index (χ3n) is 3.80. The van der Waals surface area contributed by atoms with Crippen LogP contribution in [0.4, 0.5) is 5.82 Å². The van der Waals surface area contributed by atoms with E-state index in [2.05, 4.69) is 10.3 Å². The molecule has 0 amide bonds. The van der Waals surface area contributed by atoms with Gasteiger partial charge in [-0.1, -0.05) is 0 Å². The van der Waals surface area contributed by atoms with Crippen LogP contribution >= 0.6 is 0 Å². The van der Waals surface area contributed by atoms with E-state index in [1.807, 2.05) is 0 Å². The second kappa shape index (κ2) is 5.17. The highest BCUT2D eigenvalue weighted by molar-refractivity contribution is 5.93. The van der Waals surface area contributed by atoms with Gasteiger partial charge < -0.3 is 15.2 Å². The lowest BCUT2D eigenvalue weighted by Crippen LogP contribution is -2.23. The van der Waals surface area contributed by atoms with Crippen LogP contribution < -0.4 is 5.32 Å². The van der Waals surface area contributed by atoms with Crippen molar-refractivity contribution in [3.8, 4) is 0 Å². The summed E-state index contributed by atoms with van der Waals surface area (Å²) in [5.74, 6) is -0.411. The molecule has 5 heteroatoms. The summed E-state index contributed by atoms with van der Waals surface area (Å²) >= 11 is 0. The van der Waals surface area contributed by atoms with Gasteiger partial charge in [0.1, 0.15) is 11.4 Å². The molecule has 0 spiro atoms. The number of nitrogens with one attached hydrogen (secondary N) is 1. The Bertz CT molecular complexity index is 496. The SMILES string of the molecule is O=C(O)c1cc2c(nc1NC1CCOC1)CCCC2. The van der Waals surface area contributed by atoms with Crippen LogP contribution in [0.15, 0.2) is 6.07 Å². The first-order chi connectivity index (χ1) is 9.24. The second-order valence-corrected chi connectivity index (χ2v) is 5.21. The van der Waals surface area contributed by atoms with Gasteiger partial charge in [0.25, 0.3) is 0 Å². The summed E-state index contributed by atoms with van der Waals surface area (Å²) in [6.45, 7) is 1.35. The van der Waals surface area contributed by atoms with Gasteiger partial charge in [0, 0.05) is 12.3 Å². The van der Waals surface area contributed by atoms with Gasteiger partial charge in [-0.05, 0) is 43.7 Å². The fraction of sp³-hybridized carbons (Fsp3) is 0.571. The van der Waals surface area contributed by atoms with E-state index in [9.17, 15) is 9.90 Å². The topological polar surface area (TPSA) is 71.5 Å². The van der Waals surface area contributed by atoms with Crippen molar-refractivity contribution in [2.24, 2.45) is 0 Å². The zero-order chi connectivity index (χ0) is 13.2. The zero-order valence-corrected chi connectivity index (χ0v) is 10.8. The molecule has 1 aliphatic heterocycles. The average molecular weight is 262 g/mol. The van der Waals surface area contributed by atoms with Crippen molar-refractivity contribution >= 4 is 11.8 Å². The number of carbonyl (C=O) groups is 1. The third kappa shape index (κ3) is 2.56. The van der Waals surface area contributed by atoms with Crippen molar-refractivity contribution in [3.05, 3.63) is 22.9 Å². The monoisotopic (exact) mass is 262 g/mol. The highest BCUT2D eigenvalue weighted by Crippen LogP contribution is 2.25. The van der Waals surface area contributed by atoms with E-state index in [0.717, 1.165) is 50.0 Å². The minimum Gasteiger partial charge on any atom is -0.478 e. The lowest BCUT2D eigenvalue weighted by atomic mass is 9.94. The van der Waals surface area contributed by atoms with Crippen molar-refractivity contribution in [1.29, 1.82) is 0 Å². The number of carboxylic acids is 1. The lowest BCUT2D eigenvalue weighted by Gasteiger charge is -2.19. The maximum atomic E-state index is 11.4. The number of aromatic carboxylic acids is 1. The molecule has 1 saturated heterocycles. The highest BCUT2D eigenvalue weighted by atomic mass is 16.5. The number of anilines is 1. The van der Waals surface area contributed by atoms with Crippen LogP contribution in [0.1, 0.15) is 40.9 Å². The summed E-state index contributed by atoms with van der Waals surface area (Å²) in [7, 11) is 0. The van der Waals surface area contributed by atoms with E-state index in [0.29, 0.717) is 12.4 Å². The second-order valence-electron chi connectivity index (χ2n) is 5.21. The summed E-state index contributed by atoms with van der Waals surface area (Å²) in [5, 5.41) is 12.6. The lowest BCUT2D eigenvalue weighted by molar-refractivity contribution is 0.0697. The smallest absolute Gasteiger partial charge is 0.339 e. The predicted molar refractivity (Wildman–Crippen MR) is 70.7 cm³/mol. The van der Waals surface area contributed by atoms with Gasteiger partial charge in [-0.25, -0.2) is 9.78 Å². The van der Waals surface area contributed by atoms with Crippen molar-refractivity contribution in [1.82, 2.24) is 4.98 Å². The van der Waals surface area contributed by atoms with Crippen LogP contribution in [-0.2, 0) is 17.6 Å². The molecule has 5 nitrogen and oxygen atoms in total. The molecule has 19 heavy (non-hydrogen) atoms. The van der Waals surface area contributed by atoms with Crippen LogP contribution in [0, 0.1) is 0 Å². The quantitative estimate of drug-likeness (QED) is 0.870. The van der Waals surface area contributed by atoms with Gasteiger partial charge in [0.05, 0.1) is 12.6 Å². The molecule has 1 aromatic rings. The predicted octanol–water partition coefficient (Wildman–Crippen LogP) is 1.86. The fourth-order valence-electron chi connectivity index (χ4n) is 2.75. The highest BCUT2D eigenvalue weighted by Gasteiger charge is 2.22. The molecule has 1 unspecified atom stereocenters. The number of rotatable bonds is 3. The molecule has 3 rings (SSSR count). The molecule has 0 bridgehead atoms. The summed E-state index contributed by atoms with van der Waals surface area (Å²) in [4.78, 5) is 15.9. The fourth-order valence-corrected chi connectivity index (χ4v) is 2.75. The normalized spacial score (nSPS) is 22.0. The van der Waals surface area contributed by atoms with Gasteiger partial charge in [0.2, 0.25) is 0 Å². The Morgan fingerprint density at radius 3 is 3.00 bits per heavy atom. The van der Waals surface area contributed by atoms with Crippen molar-refractivity contribution in [2.75, 3.05) is 18.5 Å². The van der Waals surface area contributed by atoms with E-state index in [4.69, 9.17) is 4.74 Å². The summed E-state index contributed by atoms with van der Waals surface area (Å²) < 4.78 is 5.30. The Morgan fingerprint density at radius 2 is 2.26 bits per heavy atom. The van der Waals surface area contributed by atoms with E-state index in [1.165, 1.54) is 0 Å². The molecule has 2 heterocycles. The van der Waals surface area contributed by atoms with Gasteiger partial charge in [0.15, 0.2) is 0 Å². The number of fused-ring (bicyclic) bond motifs is 1. The van der Waals surface area contributed by atoms with Crippen LogP contribution in [0.25, 0.3) is 0 Å². The molecular weight excluding hydrogens is 244 g/mol. The van der Waals surface area contributed by atoms with E-state index >= 15 is 0 Å². The summed E-state index contributed by atoms with van der Waals surface area (Å²) in [5.41, 5.74) is 2.43. The number of nitrogens with zero attached hydrogens (tertiary/aromatic N) is 1. The Kier molecular flexibility index (Phi) is 3.38. The molecule has 0 saturated carbocycles. The largest absolute Gasteiger partial charge is 0.478 e. The number of aromatic nitrogens is 1. The molecule has 0 aromatic carbocycles. The molecule has 2 N–H and O–H groups in total. The molecule has 1 aliphatic carbocycles. The average Bonchev–Trinajstić information content (AvgIpc) is 2.90. The first-order valence-corrected chi connectivity index (χ1v) is 6.84. The molecule has 1 atom stereocenters. The number of pyridine rings is 1. The third-order valence-corrected chi connectivity index (χ3v) is 3.80. The molecular formula is C14H18N2O3. The first-order valence-electron chi connectivity index (χ1n) is 6.84. The molecule has 1 aromatic heterocycles. The minimum absolute atomic E-state index is 0.173. The van der Waals surface area contributed by atoms with E-state index in [-0.39, 0.29) is 11.6 Å². The van der Waals surface area contributed by atoms with Gasteiger partial charge in [-0.2, -0.15) is 0 Å². The van der Waals surface area contributed by atoms with Crippen LogP contribution in [0.3, 0.4) is 0 Å². The van der Waals surface area contributed by atoms with Crippen molar-refractivity contribution in [3.63, 3.8) is 0 Å². The van der Waals surface area contributed by atoms with Crippen LogP contribution in [0.5, 0.6) is 0 Å². The van der Waals surface area contributed by atoms with Crippen LogP contribution in [-0.4, -0.2) is 35.3 Å². The number of hydrogen-bond donors (Lipinski definition) is 2. The Labute approximate surface area is 112 Å². The van der Waals surface area contributed by atoms with E-state index in [1.54, 1.807) is 6.07 Å². The van der Waals surface area contributed by atoms with Crippen molar-refractivity contribution in [2.45, 2.75) is 38.1 Å². The molecule has 0 radical (unpaired) electrons. The zero-order valence-electron chi connectivity index (χ0n) is 10.8. The Balaban J connectivity index is 1.93. The Hall–Kier alpha value is -1.62. The van der Waals surface area contributed by atoms with E-state index < -0.39 is 5.97 Å². The van der Waals surface area contributed by atoms with Gasteiger partial charge in [-0.3, -0.25) is 0 Å². The molecule has 1 fully saturated rings. The number of ether oxygens (including phenoxy) is 1. The minimum atomic E-state index is -0.915. The number of carboxylic acid groups (broad SMARTS) is 1. The number of hydrogen-bond acceptors (Lipinski definition) is 4. The Morgan fingerprint density at radius 1 is 1.42 bits per heavy atom. The van der Waals surface area contributed by atoms with Gasteiger partial charge >= 0.3 is 5.97 Å². The standard InChI is InChI=1S/C14H18N2O3/c17-14(18)11-7-9-3-1-2-4-12(9)16-13(11)15-10-5-6-19-8-10/h7,10H,1-6,8H2,(H,15,16)(H,17,18).